The van der Waals surface area contributed by atoms with Gasteiger partial charge < -0.3 is 28.4 Å². The predicted octanol–water partition coefficient (Wildman–Crippen LogP) is 4.07. The predicted molar refractivity (Wildman–Crippen MR) is 163 cm³/mol. The second-order valence-electron chi connectivity index (χ2n) is 12.7. The van der Waals surface area contributed by atoms with Crippen molar-refractivity contribution in [1.29, 1.82) is 0 Å². The quantitative estimate of drug-likeness (QED) is 0.454. The number of rotatable bonds is 1. The van der Waals surface area contributed by atoms with E-state index in [-0.39, 0.29) is 29.5 Å². The van der Waals surface area contributed by atoms with E-state index in [1.165, 1.54) is 11.1 Å². The molecular formula is C28H43B2BrN4O4. The van der Waals surface area contributed by atoms with Crippen LogP contribution in [-0.4, -0.2) is 74.4 Å². The average molecular weight is 601 g/mol. The number of aromatic nitrogens is 2. The lowest BCUT2D eigenvalue weighted by Crippen LogP contribution is -2.41. The highest BCUT2D eigenvalue weighted by molar-refractivity contribution is 9.10. The van der Waals surface area contributed by atoms with Crippen LogP contribution in [0.2, 0.25) is 0 Å². The van der Waals surface area contributed by atoms with E-state index in [9.17, 15) is 0 Å². The standard InChI is InChI=1S/C14H21BN2O2.C8H9BrN2.C6H13BO2/c1-13(2)14(3,4)19-15(18-13)11-8-10-6-7-17(5)12(10)16-9-11;1-11-3-2-6-4-7(9)5-10-8(6)11;1-5(2)6(3,4)9-7-8-5/h8-9H,6-7H2,1-5H3;4-5H,2-3H2,1H3;7H,1-4H3. The summed E-state index contributed by atoms with van der Waals surface area (Å²) in [7, 11) is 4.27. The molecule has 0 radical (unpaired) electrons. The number of hydrogen-bond donors (Lipinski definition) is 0. The average Bonchev–Trinajstić information content (AvgIpc) is 3.52. The molecule has 0 aliphatic carbocycles. The minimum atomic E-state index is -0.311. The van der Waals surface area contributed by atoms with Crippen LogP contribution in [0.5, 0.6) is 0 Å². The SMILES string of the molecule is CC1(C)OBOC1(C)C.CN1CCc2cc(B3OC(C)(C)C(C)(C)O3)cnc21.CN1CCc2cc(Br)cnc21. The molecule has 4 aliphatic rings. The molecule has 0 saturated carbocycles. The molecule has 8 nitrogen and oxygen atoms in total. The van der Waals surface area contributed by atoms with E-state index < -0.39 is 0 Å². The van der Waals surface area contributed by atoms with Crippen molar-refractivity contribution in [2.75, 3.05) is 37.0 Å². The Hall–Kier alpha value is -1.65. The van der Waals surface area contributed by atoms with Gasteiger partial charge in [0.2, 0.25) is 0 Å². The van der Waals surface area contributed by atoms with Gasteiger partial charge in [0, 0.05) is 49.5 Å². The maximum absolute atomic E-state index is 6.06. The molecule has 6 heterocycles. The van der Waals surface area contributed by atoms with E-state index >= 15 is 0 Å². The summed E-state index contributed by atoms with van der Waals surface area (Å²) in [5.41, 5.74) is 2.80. The van der Waals surface area contributed by atoms with E-state index in [0.717, 1.165) is 47.5 Å². The molecule has 39 heavy (non-hydrogen) atoms. The number of pyridine rings is 2. The zero-order valence-electron chi connectivity index (χ0n) is 25.2. The van der Waals surface area contributed by atoms with Crippen LogP contribution in [0.3, 0.4) is 0 Å². The topological polar surface area (TPSA) is 69.2 Å². The highest BCUT2D eigenvalue weighted by Gasteiger charge is 2.52. The van der Waals surface area contributed by atoms with Crippen molar-refractivity contribution in [3.63, 3.8) is 0 Å². The second-order valence-corrected chi connectivity index (χ2v) is 13.7. The minimum absolute atomic E-state index is 0.132. The Balaban J connectivity index is 0.000000149. The highest BCUT2D eigenvalue weighted by Crippen LogP contribution is 2.37. The number of halogens is 1. The van der Waals surface area contributed by atoms with Crippen LogP contribution in [-0.2, 0) is 31.5 Å². The Bertz CT molecular complexity index is 1160. The van der Waals surface area contributed by atoms with Gasteiger partial charge >= 0.3 is 14.8 Å². The van der Waals surface area contributed by atoms with Gasteiger partial charge in [0.15, 0.2) is 0 Å². The number of nitrogens with zero attached hydrogens (tertiary/aromatic N) is 4. The zero-order chi connectivity index (χ0) is 28.8. The highest BCUT2D eigenvalue weighted by atomic mass is 79.9. The van der Waals surface area contributed by atoms with Crippen molar-refractivity contribution in [2.45, 2.75) is 90.6 Å². The van der Waals surface area contributed by atoms with Crippen LogP contribution in [0.1, 0.15) is 66.5 Å². The van der Waals surface area contributed by atoms with Gasteiger partial charge in [-0.25, -0.2) is 9.97 Å². The molecule has 212 valence electrons. The Labute approximate surface area is 243 Å². The third-order valence-corrected chi connectivity index (χ3v) is 9.28. The molecular weight excluding hydrogens is 558 g/mol. The molecule has 2 aromatic rings. The second kappa shape index (κ2) is 11.0. The summed E-state index contributed by atoms with van der Waals surface area (Å²) >= 11 is 3.40. The summed E-state index contributed by atoms with van der Waals surface area (Å²) in [5, 5.41) is 0. The van der Waals surface area contributed by atoms with E-state index in [4.69, 9.17) is 18.6 Å². The smallest absolute Gasteiger partial charge is 0.406 e. The van der Waals surface area contributed by atoms with E-state index in [1.807, 2.05) is 40.1 Å². The molecule has 0 N–H and O–H groups in total. The maximum atomic E-state index is 6.06. The number of hydrogen-bond acceptors (Lipinski definition) is 8. The fourth-order valence-electron chi connectivity index (χ4n) is 4.62. The summed E-state index contributed by atoms with van der Waals surface area (Å²) in [6.07, 6.45) is 5.90. The summed E-state index contributed by atoms with van der Waals surface area (Å²) in [6, 6.07) is 4.32. The molecule has 11 heteroatoms. The largest absolute Gasteiger partial charge is 0.496 e. The van der Waals surface area contributed by atoms with Crippen molar-refractivity contribution in [2.24, 2.45) is 0 Å². The molecule has 6 rings (SSSR count). The molecule has 2 fully saturated rings. The Morgan fingerprint density at radius 1 is 0.744 bits per heavy atom. The monoisotopic (exact) mass is 600 g/mol. The van der Waals surface area contributed by atoms with Gasteiger partial charge in [-0.3, -0.25) is 0 Å². The molecule has 4 aliphatic heterocycles. The van der Waals surface area contributed by atoms with Gasteiger partial charge in [0.1, 0.15) is 11.6 Å². The number of likely N-dealkylation sites (N-methyl/N-ethyl adjacent to an activating group) is 2. The first-order chi connectivity index (χ1) is 18.0. The Kier molecular flexibility index (Phi) is 8.53. The lowest BCUT2D eigenvalue weighted by atomic mass is 9.79. The lowest BCUT2D eigenvalue weighted by molar-refractivity contribution is 0.00578. The van der Waals surface area contributed by atoms with Crippen LogP contribution in [0.25, 0.3) is 0 Å². The number of anilines is 2. The molecule has 0 atom stereocenters. The van der Waals surface area contributed by atoms with E-state index in [1.54, 1.807) is 0 Å². The van der Waals surface area contributed by atoms with Crippen LogP contribution >= 0.6 is 15.9 Å². The van der Waals surface area contributed by atoms with Crippen LogP contribution in [0.4, 0.5) is 11.6 Å². The fraction of sp³-hybridized carbons (Fsp3) is 0.643. The van der Waals surface area contributed by atoms with Crippen LogP contribution in [0.15, 0.2) is 29.0 Å². The summed E-state index contributed by atoms with van der Waals surface area (Å²) < 4.78 is 23.9. The molecule has 0 amide bonds. The molecule has 2 saturated heterocycles. The van der Waals surface area contributed by atoms with Crippen LogP contribution in [0, 0.1) is 0 Å². The summed E-state index contributed by atoms with van der Waals surface area (Å²) in [4.78, 5) is 13.2. The molecule has 0 aromatic carbocycles. The third kappa shape index (κ3) is 6.32. The zero-order valence-corrected chi connectivity index (χ0v) is 26.8. The van der Waals surface area contributed by atoms with E-state index in [0.29, 0.717) is 7.69 Å². The van der Waals surface area contributed by atoms with Crippen molar-refractivity contribution >= 4 is 47.8 Å². The third-order valence-electron chi connectivity index (χ3n) is 8.84. The normalized spacial score (nSPS) is 22.8. The Morgan fingerprint density at radius 2 is 1.21 bits per heavy atom. The van der Waals surface area contributed by atoms with Gasteiger partial charge in [0.25, 0.3) is 0 Å². The Morgan fingerprint density at radius 3 is 1.67 bits per heavy atom. The molecule has 0 bridgehead atoms. The van der Waals surface area contributed by atoms with Gasteiger partial charge in [-0.15, -0.1) is 0 Å². The lowest BCUT2D eigenvalue weighted by Gasteiger charge is -2.32. The first-order valence-corrected chi connectivity index (χ1v) is 14.5. The summed E-state index contributed by atoms with van der Waals surface area (Å²) in [6.45, 7) is 18.6. The first-order valence-electron chi connectivity index (χ1n) is 13.7. The molecule has 2 aromatic heterocycles. The molecule has 0 unspecified atom stereocenters. The fourth-order valence-corrected chi connectivity index (χ4v) is 5.00. The number of fused-ring (bicyclic) bond motifs is 2. The minimum Gasteiger partial charge on any atom is -0.406 e. The van der Waals surface area contributed by atoms with E-state index in [2.05, 4.69) is 89.6 Å². The first kappa shape index (κ1) is 30.3. The maximum Gasteiger partial charge on any atom is 0.496 e. The van der Waals surface area contributed by atoms with Gasteiger partial charge in [0.05, 0.1) is 22.4 Å². The van der Waals surface area contributed by atoms with Crippen molar-refractivity contribution in [3.05, 3.63) is 40.1 Å². The van der Waals surface area contributed by atoms with Crippen molar-refractivity contribution in [1.82, 2.24) is 9.97 Å². The van der Waals surface area contributed by atoms with Gasteiger partial charge in [-0.2, -0.15) is 0 Å². The molecule has 0 spiro atoms. The van der Waals surface area contributed by atoms with Crippen molar-refractivity contribution in [3.8, 4) is 0 Å². The van der Waals surface area contributed by atoms with Gasteiger partial charge in [-0.1, -0.05) is 6.07 Å². The van der Waals surface area contributed by atoms with Gasteiger partial charge in [-0.05, 0) is 101 Å². The van der Waals surface area contributed by atoms with Crippen molar-refractivity contribution < 1.29 is 18.6 Å². The van der Waals surface area contributed by atoms with Crippen LogP contribution < -0.4 is 15.3 Å². The summed E-state index contributed by atoms with van der Waals surface area (Å²) in [5.74, 6) is 2.22.